The Hall–Kier alpha value is -0.290. The second kappa shape index (κ2) is 6.33. The minimum atomic E-state index is -2.91. The van der Waals surface area contributed by atoms with Crippen LogP contribution in [0.4, 0.5) is 0 Å². The van der Waals surface area contributed by atoms with Crippen LogP contribution in [0.25, 0.3) is 0 Å². The van der Waals surface area contributed by atoms with Crippen molar-refractivity contribution in [3.63, 3.8) is 0 Å². The first-order valence-electron chi connectivity index (χ1n) is 5.00. The number of hydrogen-bond acceptors (Lipinski definition) is 5. The third kappa shape index (κ3) is 4.38. The van der Waals surface area contributed by atoms with E-state index in [9.17, 15) is 8.42 Å². The van der Waals surface area contributed by atoms with Crippen LogP contribution in [-0.2, 0) is 14.6 Å². The third-order valence-corrected chi connectivity index (χ3v) is 4.69. The van der Waals surface area contributed by atoms with Crippen molar-refractivity contribution in [2.75, 3.05) is 25.5 Å². The molecule has 1 aliphatic heterocycles. The Morgan fingerprint density at radius 1 is 1.47 bits per heavy atom. The summed E-state index contributed by atoms with van der Waals surface area (Å²) in [6, 6.07) is 0. The number of isothiocyanates is 1. The van der Waals surface area contributed by atoms with Gasteiger partial charge in [0, 0.05) is 6.54 Å². The predicted octanol–water partition coefficient (Wildman–Crippen LogP) is 1.07. The van der Waals surface area contributed by atoms with E-state index >= 15 is 0 Å². The topological polar surface area (TPSA) is 55.7 Å². The number of ether oxygens (including phenoxy) is 1. The maximum atomic E-state index is 11.6. The zero-order chi connectivity index (χ0) is 11.1. The van der Waals surface area contributed by atoms with Gasteiger partial charge < -0.3 is 4.74 Å². The predicted molar refractivity (Wildman–Crippen MR) is 62.1 cm³/mol. The number of hydrogen-bond donors (Lipinski definition) is 0. The van der Waals surface area contributed by atoms with Crippen LogP contribution < -0.4 is 0 Å². The highest BCUT2D eigenvalue weighted by molar-refractivity contribution is 7.92. The van der Waals surface area contributed by atoms with Crippen molar-refractivity contribution >= 4 is 27.2 Å². The second-order valence-corrected chi connectivity index (χ2v) is 6.12. The number of nitrogens with zero attached hydrogens (tertiary/aromatic N) is 1. The lowest BCUT2D eigenvalue weighted by Gasteiger charge is -2.22. The molecule has 1 unspecified atom stereocenters. The van der Waals surface area contributed by atoms with Crippen molar-refractivity contribution in [1.82, 2.24) is 0 Å². The molecule has 4 nitrogen and oxygen atoms in total. The highest BCUT2D eigenvalue weighted by atomic mass is 32.2. The Morgan fingerprint density at radius 3 is 2.93 bits per heavy atom. The molecule has 1 fully saturated rings. The van der Waals surface area contributed by atoms with Gasteiger partial charge in [0.2, 0.25) is 0 Å². The molecule has 0 radical (unpaired) electrons. The number of sulfone groups is 1. The fourth-order valence-corrected chi connectivity index (χ4v) is 3.14. The van der Waals surface area contributed by atoms with Crippen molar-refractivity contribution < 1.29 is 13.2 Å². The van der Waals surface area contributed by atoms with Gasteiger partial charge in [0.05, 0.1) is 29.4 Å². The van der Waals surface area contributed by atoms with Crippen LogP contribution in [0.1, 0.15) is 19.3 Å². The molecule has 0 bridgehead atoms. The Balaban J connectivity index is 2.28. The van der Waals surface area contributed by atoms with Gasteiger partial charge in [-0.3, -0.25) is 0 Å². The van der Waals surface area contributed by atoms with Crippen molar-refractivity contribution in [2.24, 2.45) is 4.99 Å². The summed E-state index contributed by atoms with van der Waals surface area (Å²) in [4.78, 5) is 3.77. The van der Waals surface area contributed by atoms with Gasteiger partial charge in [-0.15, -0.1) is 0 Å². The first-order chi connectivity index (χ1) is 7.17. The maximum absolute atomic E-state index is 11.6. The molecule has 0 aromatic rings. The minimum Gasteiger partial charge on any atom is -0.379 e. The SMILES string of the molecule is O=S1(=O)CCOCC1CCCCN=C=S. The number of aliphatic imine (C=N–C) groups is 1. The largest absolute Gasteiger partial charge is 0.379 e. The van der Waals surface area contributed by atoms with Crippen LogP contribution in [0, 0.1) is 0 Å². The monoisotopic (exact) mass is 249 g/mol. The van der Waals surface area contributed by atoms with E-state index in [1.54, 1.807) is 0 Å². The summed E-state index contributed by atoms with van der Waals surface area (Å²) in [5, 5.41) is 1.97. The smallest absolute Gasteiger partial charge is 0.157 e. The molecule has 0 aromatic heterocycles. The van der Waals surface area contributed by atoms with E-state index in [1.807, 2.05) is 0 Å². The van der Waals surface area contributed by atoms with Crippen LogP contribution in [0.2, 0.25) is 0 Å². The average molecular weight is 249 g/mol. The Labute approximate surface area is 95.6 Å². The zero-order valence-corrected chi connectivity index (χ0v) is 10.1. The summed E-state index contributed by atoms with van der Waals surface area (Å²) in [5.41, 5.74) is 0. The lowest BCUT2D eigenvalue weighted by molar-refractivity contribution is 0.135. The summed E-state index contributed by atoms with van der Waals surface area (Å²) in [6.07, 6.45) is 2.36. The highest BCUT2D eigenvalue weighted by Crippen LogP contribution is 2.15. The molecule has 1 rings (SSSR count). The average Bonchev–Trinajstić information content (AvgIpc) is 2.19. The molecular weight excluding hydrogens is 234 g/mol. The highest BCUT2D eigenvalue weighted by Gasteiger charge is 2.28. The number of thiocarbonyl (C=S) groups is 1. The minimum absolute atomic E-state index is 0.162. The fraction of sp³-hybridized carbons (Fsp3) is 0.889. The van der Waals surface area contributed by atoms with Gasteiger partial charge >= 0.3 is 0 Å². The quantitative estimate of drug-likeness (QED) is 0.415. The number of unbranched alkanes of at least 4 members (excludes halogenated alkanes) is 1. The van der Waals surface area contributed by atoms with Crippen molar-refractivity contribution in [2.45, 2.75) is 24.5 Å². The molecule has 0 saturated carbocycles. The van der Waals surface area contributed by atoms with Gasteiger partial charge in [-0.25, -0.2) is 13.4 Å². The lowest BCUT2D eigenvalue weighted by Crippen LogP contribution is -2.36. The van der Waals surface area contributed by atoms with Gasteiger partial charge in [-0.1, -0.05) is 6.42 Å². The second-order valence-electron chi connectivity index (χ2n) is 3.53. The van der Waals surface area contributed by atoms with Crippen LogP contribution in [0.15, 0.2) is 4.99 Å². The maximum Gasteiger partial charge on any atom is 0.157 e. The van der Waals surface area contributed by atoms with Gasteiger partial charge in [-0.05, 0) is 25.1 Å². The summed E-state index contributed by atoms with van der Waals surface area (Å²) < 4.78 is 28.3. The van der Waals surface area contributed by atoms with E-state index in [0.29, 0.717) is 26.2 Å². The molecule has 0 aromatic carbocycles. The van der Waals surface area contributed by atoms with E-state index in [1.165, 1.54) is 0 Å². The third-order valence-electron chi connectivity index (χ3n) is 2.43. The van der Waals surface area contributed by atoms with Crippen LogP contribution >= 0.6 is 12.2 Å². The van der Waals surface area contributed by atoms with Gasteiger partial charge in [0.15, 0.2) is 9.84 Å². The molecule has 6 heteroatoms. The van der Waals surface area contributed by atoms with E-state index < -0.39 is 9.84 Å². The summed E-state index contributed by atoms with van der Waals surface area (Å²) >= 11 is 4.43. The molecule has 0 aliphatic carbocycles. The van der Waals surface area contributed by atoms with Crippen LogP contribution in [-0.4, -0.2) is 44.3 Å². The van der Waals surface area contributed by atoms with Crippen LogP contribution in [0.3, 0.4) is 0 Å². The molecule has 0 spiro atoms. The van der Waals surface area contributed by atoms with Gasteiger partial charge in [0.1, 0.15) is 0 Å². The Bertz CT molecular complexity index is 333. The molecule has 1 heterocycles. The van der Waals surface area contributed by atoms with Crippen LogP contribution in [0.5, 0.6) is 0 Å². The van der Waals surface area contributed by atoms with Crippen molar-refractivity contribution in [3.8, 4) is 0 Å². The Kier molecular flexibility index (Phi) is 5.39. The van der Waals surface area contributed by atoms with E-state index in [2.05, 4.69) is 22.4 Å². The van der Waals surface area contributed by atoms with E-state index in [0.717, 1.165) is 12.8 Å². The van der Waals surface area contributed by atoms with Gasteiger partial charge in [0.25, 0.3) is 0 Å². The summed E-state index contributed by atoms with van der Waals surface area (Å²) in [7, 11) is -2.91. The standard InChI is InChI=1S/C9H15NO3S2/c11-15(12)6-5-13-7-9(15)3-1-2-4-10-8-14/h9H,1-7H2. The molecule has 0 amide bonds. The van der Waals surface area contributed by atoms with Gasteiger partial charge in [-0.2, -0.15) is 0 Å². The molecular formula is C9H15NO3S2. The first kappa shape index (κ1) is 12.8. The summed E-state index contributed by atoms with van der Waals surface area (Å²) in [6.45, 7) is 1.32. The van der Waals surface area contributed by atoms with E-state index in [4.69, 9.17) is 4.74 Å². The molecule has 1 atom stereocenters. The normalized spacial score (nSPS) is 24.4. The zero-order valence-electron chi connectivity index (χ0n) is 8.52. The van der Waals surface area contributed by atoms with Crippen molar-refractivity contribution in [3.05, 3.63) is 0 Å². The lowest BCUT2D eigenvalue weighted by atomic mass is 10.2. The fourth-order valence-electron chi connectivity index (χ4n) is 1.53. The molecule has 15 heavy (non-hydrogen) atoms. The molecule has 1 saturated heterocycles. The first-order valence-corrected chi connectivity index (χ1v) is 7.12. The molecule has 0 N–H and O–H groups in total. The molecule has 86 valence electrons. The molecule has 1 aliphatic rings. The van der Waals surface area contributed by atoms with Crippen molar-refractivity contribution in [1.29, 1.82) is 0 Å². The van der Waals surface area contributed by atoms with E-state index in [-0.39, 0.29) is 11.0 Å². The summed E-state index contributed by atoms with van der Waals surface area (Å²) in [5.74, 6) is 0.162. The number of rotatable bonds is 5. The Morgan fingerprint density at radius 2 is 2.27 bits per heavy atom.